The zero-order valence-electron chi connectivity index (χ0n) is 18.9. The van der Waals surface area contributed by atoms with E-state index >= 15 is 0 Å². The Balaban J connectivity index is 1.84. The molecule has 4 rings (SSSR count). The fourth-order valence-electron chi connectivity index (χ4n) is 4.18. The summed E-state index contributed by atoms with van der Waals surface area (Å²) in [6, 6.07) is 18.9. The third-order valence-corrected chi connectivity index (χ3v) is 5.42. The Hall–Kier alpha value is -3.86. The van der Waals surface area contributed by atoms with Gasteiger partial charge in [0.1, 0.15) is 11.4 Å². The lowest BCUT2D eigenvalue weighted by Gasteiger charge is -2.17. The minimum absolute atomic E-state index is 0.268. The van der Waals surface area contributed by atoms with Gasteiger partial charge in [0.15, 0.2) is 0 Å². The number of nitrogens with zero attached hydrogens (tertiary/aromatic N) is 1. The van der Waals surface area contributed by atoms with Gasteiger partial charge in [0, 0.05) is 5.69 Å². The number of rotatable bonds is 5. The molecular formula is C27H26N2O3. The van der Waals surface area contributed by atoms with Gasteiger partial charge in [0.2, 0.25) is 0 Å². The number of nitrogens with one attached hydrogen (secondary N) is 1. The van der Waals surface area contributed by atoms with Crippen molar-refractivity contribution in [2.45, 2.75) is 27.7 Å². The van der Waals surface area contributed by atoms with E-state index in [1.807, 2.05) is 58.0 Å². The predicted octanol–water partition coefficient (Wildman–Crippen LogP) is 5.33. The van der Waals surface area contributed by atoms with Gasteiger partial charge in [-0.25, -0.2) is 4.90 Å². The van der Waals surface area contributed by atoms with Crippen LogP contribution in [0.15, 0.2) is 66.4 Å². The zero-order chi connectivity index (χ0) is 23.0. The molecule has 1 N–H and O–H groups in total. The minimum Gasteiger partial charge on any atom is -0.497 e. The highest BCUT2D eigenvalue weighted by Gasteiger charge is 2.40. The number of benzene rings is 3. The summed E-state index contributed by atoms with van der Waals surface area (Å²) in [5, 5.41) is 3.25. The van der Waals surface area contributed by atoms with Crippen LogP contribution in [0.2, 0.25) is 0 Å². The second kappa shape index (κ2) is 8.35. The topological polar surface area (TPSA) is 58.6 Å². The Morgan fingerprint density at radius 2 is 1.25 bits per heavy atom. The van der Waals surface area contributed by atoms with Crippen molar-refractivity contribution < 1.29 is 14.3 Å². The Labute approximate surface area is 188 Å². The lowest BCUT2D eigenvalue weighted by atomic mass is 10.0. The van der Waals surface area contributed by atoms with E-state index in [4.69, 9.17) is 4.74 Å². The van der Waals surface area contributed by atoms with Crippen molar-refractivity contribution in [3.05, 3.63) is 94.2 Å². The van der Waals surface area contributed by atoms with Crippen molar-refractivity contribution >= 4 is 28.8 Å². The largest absolute Gasteiger partial charge is 0.497 e. The molecule has 3 aromatic carbocycles. The smallest absolute Gasteiger partial charge is 0.282 e. The highest BCUT2D eigenvalue weighted by Crippen LogP contribution is 2.35. The maximum absolute atomic E-state index is 13.6. The standard InChI is InChI=1S/C27H26N2O3/c1-16-10-17(2)13-21(12-16)28-25-24(20-6-8-23(32-5)9-7-20)26(30)29(27(25)31)22-14-18(3)11-19(4)15-22/h6-15,28H,1-5H3. The Morgan fingerprint density at radius 1 is 0.719 bits per heavy atom. The maximum atomic E-state index is 13.6. The van der Waals surface area contributed by atoms with E-state index in [-0.39, 0.29) is 17.5 Å². The molecule has 1 aliphatic heterocycles. The summed E-state index contributed by atoms with van der Waals surface area (Å²) in [4.78, 5) is 28.4. The summed E-state index contributed by atoms with van der Waals surface area (Å²) in [5.41, 5.74) is 6.73. The molecule has 0 bridgehead atoms. The monoisotopic (exact) mass is 426 g/mol. The van der Waals surface area contributed by atoms with Crippen LogP contribution in [0, 0.1) is 27.7 Å². The maximum Gasteiger partial charge on any atom is 0.282 e. The summed E-state index contributed by atoms with van der Waals surface area (Å²) in [6.45, 7) is 7.91. The Morgan fingerprint density at radius 3 is 1.78 bits per heavy atom. The summed E-state index contributed by atoms with van der Waals surface area (Å²) in [7, 11) is 1.59. The van der Waals surface area contributed by atoms with Gasteiger partial charge in [0.05, 0.1) is 18.4 Å². The van der Waals surface area contributed by atoms with Crippen LogP contribution in [0.25, 0.3) is 5.57 Å². The lowest BCUT2D eigenvalue weighted by Crippen LogP contribution is -2.32. The Bertz CT molecular complexity index is 1220. The number of anilines is 2. The minimum atomic E-state index is -0.370. The zero-order valence-corrected chi connectivity index (χ0v) is 18.9. The van der Waals surface area contributed by atoms with Crippen LogP contribution in [0.4, 0.5) is 11.4 Å². The van der Waals surface area contributed by atoms with Crippen molar-refractivity contribution in [3.63, 3.8) is 0 Å². The predicted molar refractivity (Wildman–Crippen MR) is 128 cm³/mol. The average molecular weight is 427 g/mol. The molecule has 0 unspecified atom stereocenters. The van der Waals surface area contributed by atoms with E-state index in [9.17, 15) is 9.59 Å². The average Bonchev–Trinajstić information content (AvgIpc) is 2.96. The lowest BCUT2D eigenvalue weighted by molar-refractivity contribution is -0.120. The van der Waals surface area contributed by atoms with E-state index in [1.165, 1.54) is 4.90 Å². The number of hydrogen-bond donors (Lipinski definition) is 1. The molecule has 5 heteroatoms. The molecular weight excluding hydrogens is 400 g/mol. The first kappa shape index (κ1) is 21.4. The van der Waals surface area contributed by atoms with Gasteiger partial charge in [-0.15, -0.1) is 0 Å². The van der Waals surface area contributed by atoms with Gasteiger partial charge in [-0.2, -0.15) is 0 Å². The van der Waals surface area contributed by atoms with E-state index in [0.29, 0.717) is 22.6 Å². The van der Waals surface area contributed by atoms with Gasteiger partial charge in [-0.3, -0.25) is 9.59 Å². The van der Waals surface area contributed by atoms with Crippen LogP contribution < -0.4 is 15.0 Å². The molecule has 0 saturated carbocycles. The molecule has 5 nitrogen and oxygen atoms in total. The van der Waals surface area contributed by atoms with Crippen LogP contribution in [0.5, 0.6) is 5.75 Å². The first-order valence-corrected chi connectivity index (χ1v) is 10.5. The first-order chi connectivity index (χ1) is 15.3. The van der Waals surface area contributed by atoms with Gasteiger partial charge in [-0.05, 0) is 91.9 Å². The number of methoxy groups -OCH3 is 1. The fourth-order valence-corrected chi connectivity index (χ4v) is 4.18. The number of carbonyl (C=O) groups is 2. The number of imide groups is 1. The van der Waals surface area contributed by atoms with E-state index in [2.05, 4.69) is 11.4 Å². The molecule has 0 atom stereocenters. The van der Waals surface area contributed by atoms with Gasteiger partial charge < -0.3 is 10.1 Å². The van der Waals surface area contributed by atoms with Crippen LogP contribution in [0.1, 0.15) is 27.8 Å². The summed E-state index contributed by atoms with van der Waals surface area (Å²) in [6.07, 6.45) is 0. The molecule has 0 spiro atoms. The second-order valence-electron chi connectivity index (χ2n) is 8.27. The van der Waals surface area contributed by atoms with Crippen LogP contribution in [-0.4, -0.2) is 18.9 Å². The Kier molecular flexibility index (Phi) is 5.57. The van der Waals surface area contributed by atoms with Crippen molar-refractivity contribution in [1.29, 1.82) is 0 Å². The molecule has 162 valence electrons. The quantitative estimate of drug-likeness (QED) is 0.561. The molecule has 0 aromatic heterocycles. The number of hydrogen-bond acceptors (Lipinski definition) is 4. The molecule has 0 saturated heterocycles. The SMILES string of the molecule is COc1ccc(C2=C(Nc3cc(C)cc(C)c3)C(=O)N(c3cc(C)cc(C)c3)C2=O)cc1. The normalized spacial score (nSPS) is 13.7. The number of aryl methyl sites for hydroxylation is 4. The van der Waals surface area contributed by atoms with Crippen molar-refractivity contribution in [2.24, 2.45) is 0 Å². The van der Waals surface area contributed by atoms with Crippen molar-refractivity contribution in [1.82, 2.24) is 0 Å². The van der Waals surface area contributed by atoms with Gasteiger partial charge in [-0.1, -0.05) is 24.3 Å². The van der Waals surface area contributed by atoms with Crippen molar-refractivity contribution in [2.75, 3.05) is 17.3 Å². The summed E-state index contributed by atoms with van der Waals surface area (Å²) in [5.74, 6) is -0.0388. The van der Waals surface area contributed by atoms with Crippen LogP contribution in [0.3, 0.4) is 0 Å². The van der Waals surface area contributed by atoms with Gasteiger partial charge >= 0.3 is 0 Å². The van der Waals surface area contributed by atoms with Gasteiger partial charge in [0.25, 0.3) is 11.8 Å². The molecule has 0 fully saturated rings. The molecule has 0 radical (unpaired) electrons. The molecule has 1 aliphatic rings. The number of carbonyl (C=O) groups excluding carboxylic acids is 2. The van der Waals surface area contributed by atoms with E-state index in [0.717, 1.165) is 27.9 Å². The first-order valence-electron chi connectivity index (χ1n) is 10.5. The fraction of sp³-hybridized carbons (Fsp3) is 0.185. The molecule has 32 heavy (non-hydrogen) atoms. The van der Waals surface area contributed by atoms with Crippen LogP contribution >= 0.6 is 0 Å². The second-order valence-corrected chi connectivity index (χ2v) is 8.27. The number of ether oxygens (including phenoxy) is 1. The summed E-state index contributed by atoms with van der Waals surface area (Å²) < 4.78 is 5.25. The molecule has 1 heterocycles. The third-order valence-electron chi connectivity index (χ3n) is 5.42. The van der Waals surface area contributed by atoms with E-state index < -0.39 is 0 Å². The van der Waals surface area contributed by atoms with Crippen LogP contribution in [-0.2, 0) is 9.59 Å². The third kappa shape index (κ3) is 4.02. The van der Waals surface area contributed by atoms with Crippen molar-refractivity contribution in [3.8, 4) is 5.75 Å². The van der Waals surface area contributed by atoms with E-state index in [1.54, 1.807) is 31.4 Å². The molecule has 2 amide bonds. The summed E-state index contributed by atoms with van der Waals surface area (Å²) >= 11 is 0. The highest BCUT2D eigenvalue weighted by atomic mass is 16.5. The molecule has 3 aromatic rings. The highest BCUT2D eigenvalue weighted by molar-refractivity contribution is 6.46. The number of amides is 2. The molecule has 0 aliphatic carbocycles.